The Morgan fingerprint density at radius 1 is 0.750 bits per heavy atom. The van der Waals surface area contributed by atoms with Crippen molar-refractivity contribution in [3.8, 4) is 0 Å². The number of hydrogen-bond acceptors (Lipinski definition) is 1. The van der Waals surface area contributed by atoms with Crippen LogP contribution in [0.2, 0.25) is 0 Å². The fourth-order valence-corrected chi connectivity index (χ4v) is 4.00. The lowest BCUT2D eigenvalue weighted by Crippen LogP contribution is -1.85. The van der Waals surface area contributed by atoms with Crippen LogP contribution in [0.4, 0.5) is 0 Å². The van der Waals surface area contributed by atoms with Crippen LogP contribution in [0, 0.1) is 0 Å². The molecule has 3 aromatic carbocycles. The minimum atomic E-state index is 1.11. The summed E-state index contributed by atoms with van der Waals surface area (Å²) in [4.78, 5) is 8.01. The molecular formula is C21H13N3. The van der Waals surface area contributed by atoms with Gasteiger partial charge in [-0.25, -0.2) is 0 Å². The van der Waals surface area contributed by atoms with Crippen LogP contribution in [0.5, 0.6) is 0 Å². The number of nitrogens with one attached hydrogen (secondary N) is 1. The molecule has 0 atom stereocenters. The van der Waals surface area contributed by atoms with Crippen molar-refractivity contribution in [1.82, 2.24) is 14.4 Å². The SMILES string of the molecule is c1cc2ccc3c4ccncc4n4c5ccccc5[nH]c(c1)c2c34. The minimum Gasteiger partial charge on any atom is -0.353 e. The lowest BCUT2D eigenvalue weighted by molar-refractivity contribution is 1.29. The second-order valence-electron chi connectivity index (χ2n) is 6.24. The molecule has 3 heteroatoms. The summed E-state index contributed by atoms with van der Waals surface area (Å²) in [5.74, 6) is 0. The Kier molecular flexibility index (Phi) is 2.10. The molecule has 1 N–H and O–H groups in total. The largest absolute Gasteiger partial charge is 0.353 e. The number of hydrogen-bond donors (Lipinski definition) is 1. The summed E-state index contributed by atoms with van der Waals surface area (Å²) in [5, 5.41) is 5.03. The van der Waals surface area contributed by atoms with Gasteiger partial charge in [-0.2, -0.15) is 0 Å². The number of para-hydroxylation sites is 2. The predicted octanol–water partition coefficient (Wildman–Crippen LogP) is 5.28. The van der Waals surface area contributed by atoms with E-state index < -0.39 is 0 Å². The van der Waals surface area contributed by atoms with Gasteiger partial charge in [0.1, 0.15) is 0 Å². The summed E-state index contributed by atoms with van der Waals surface area (Å²) in [6.45, 7) is 0. The molecule has 0 aliphatic rings. The highest BCUT2D eigenvalue weighted by molar-refractivity contribution is 6.22. The molecule has 0 radical (unpaired) electrons. The van der Waals surface area contributed by atoms with Gasteiger partial charge >= 0.3 is 0 Å². The molecule has 3 nitrogen and oxygen atoms in total. The molecule has 0 amide bonds. The number of nitrogens with zero attached hydrogens (tertiary/aromatic N) is 2. The van der Waals surface area contributed by atoms with Gasteiger partial charge in [0.2, 0.25) is 0 Å². The molecule has 0 saturated heterocycles. The average molecular weight is 307 g/mol. The molecule has 0 saturated carbocycles. The van der Waals surface area contributed by atoms with E-state index in [1.165, 1.54) is 27.1 Å². The first kappa shape index (κ1) is 12.1. The van der Waals surface area contributed by atoms with Crippen molar-refractivity contribution in [1.29, 1.82) is 0 Å². The van der Waals surface area contributed by atoms with Crippen molar-refractivity contribution < 1.29 is 0 Å². The Labute approximate surface area is 137 Å². The fourth-order valence-electron chi connectivity index (χ4n) is 4.00. The first-order valence-electron chi connectivity index (χ1n) is 8.08. The molecular weight excluding hydrogens is 294 g/mol. The van der Waals surface area contributed by atoms with E-state index in [0.717, 1.165) is 22.1 Å². The molecule has 6 rings (SSSR count). The third-order valence-electron chi connectivity index (χ3n) is 4.99. The maximum absolute atomic E-state index is 4.38. The molecule has 6 aromatic rings. The molecule has 0 bridgehead atoms. The molecule has 0 aliphatic heterocycles. The van der Waals surface area contributed by atoms with Gasteiger partial charge in [-0.05, 0) is 29.7 Å². The number of fused-ring (bicyclic) bond motifs is 5. The van der Waals surface area contributed by atoms with Gasteiger partial charge in [0.15, 0.2) is 0 Å². The monoisotopic (exact) mass is 307 g/mol. The van der Waals surface area contributed by atoms with Crippen LogP contribution in [0.1, 0.15) is 0 Å². The van der Waals surface area contributed by atoms with Gasteiger partial charge in [-0.3, -0.25) is 4.98 Å². The van der Waals surface area contributed by atoms with Crippen molar-refractivity contribution in [3.63, 3.8) is 0 Å². The fraction of sp³-hybridized carbons (Fsp3) is 0. The van der Waals surface area contributed by atoms with Crippen LogP contribution in [-0.4, -0.2) is 14.4 Å². The van der Waals surface area contributed by atoms with Crippen molar-refractivity contribution in [3.05, 3.63) is 73.1 Å². The van der Waals surface area contributed by atoms with Crippen LogP contribution in [0.15, 0.2) is 73.1 Å². The maximum atomic E-state index is 4.38. The Bertz CT molecular complexity index is 1390. The quantitative estimate of drug-likeness (QED) is 0.407. The smallest absolute Gasteiger partial charge is 0.0725 e. The maximum Gasteiger partial charge on any atom is 0.0725 e. The molecule has 24 heavy (non-hydrogen) atoms. The molecule has 0 unspecified atom stereocenters. The first-order chi connectivity index (χ1) is 11.9. The zero-order valence-electron chi connectivity index (χ0n) is 12.8. The molecule has 3 heterocycles. The van der Waals surface area contributed by atoms with Crippen LogP contribution >= 0.6 is 0 Å². The zero-order chi connectivity index (χ0) is 15.7. The third-order valence-corrected chi connectivity index (χ3v) is 4.99. The Hall–Kier alpha value is -3.33. The molecule has 112 valence electrons. The summed E-state index contributed by atoms with van der Waals surface area (Å²) in [7, 11) is 0. The van der Waals surface area contributed by atoms with E-state index in [2.05, 4.69) is 75.0 Å². The highest BCUT2D eigenvalue weighted by Gasteiger charge is 2.15. The lowest BCUT2D eigenvalue weighted by Gasteiger charge is -2.02. The number of pyridine rings is 1. The number of benzene rings is 3. The van der Waals surface area contributed by atoms with E-state index in [0.29, 0.717) is 0 Å². The summed E-state index contributed by atoms with van der Waals surface area (Å²) in [5.41, 5.74) is 5.83. The van der Waals surface area contributed by atoms with Gasteiger partial charge in [-0.1, -0.05) is 36.4 Å². The first-order valence-corrected chi connectivity index (χ1v) is 8.08. The van der Waals surface area contributed by atoms with Crippen LogP contribution in [0.25, 0.3) is 49.1 Å². The zero-order valence-corrected chi connectivity index (χ0v) is 12.8. The second kappa shape index (κ2) is 4.15. The van der Waals surface area contributed by atoms with E-state index in [9.17, 15) is 0 Å². The lowest BCUT2D eigenvalue weighted by atomic mass is 10.1. The summed E-state index contributed by atoms with van der Waals surface area (Å²) < 4.78 is 2.35. The predicted molar refractivity (Wildman–Crippen MR) is 99.6 cm³/mol. The number of aromatic nitrogens is 3. The number of rotatable bonds is 0. The van der Waals surface area contributed by atoms with Crippen molar-refractivity contribution >= 4 is 49.1 Å². The second-order valence-corrected chi connectivity index (χ2v) is 6.24. The Morgan fingerprint density at radius 3 is 2.67 bits per heavy atom. The van der Waals surface area contributed by atoms with Gasteiger partial charge in [0.05, 0.1) is 28.3 Å². The van der Waals surface area contributed by atoms with Crippen molar-refractivity contribution in [2.24, 2.45) is 0 Å². The number of aromatic amines is 1. The third kappa shape index (κ3) is 1.35. The van der Waals surface area contributed by atoms with Gasteiger partial charge in [-0.15, -0.1) is 0 Å². The summed E-state index contributed by atoms with van der Waals surface area (Å²) in [6, 6.07) is 21.5. The topological polar surface area (TPSA) is 33.1 Å². The van der Waals surface area contributed by atoms with Crippen LogP contribution in [-0.2, 0) is 0 Å². The van der Waals surface area contributed by atoms with E-state index in [1.807, 2.05) is 12.4 Å². The van der Waals surface area contributed by atoms with Crippen molar-refractivity contribution in [2.75, 3.05) is 0 Å². The normalized spacial score (nSPS) is 12.2. The number of H-pyrrole nitrogens is 1. The van der Waals surface area contributed by atoms with Gasteiger partial charge < -0.3 is 9.38 Å². The Balaban J connectivity index is 2.18. The Morgan fingerprint density at radius 2 is 1.67 bits per heavy atom. The molecule has 0 fully saturated rings. The van der Waals surface area contributed by atoms with E-state index in [4.69, 9.17) is 0 Å². The molecule has 0 spiro atoms. The molecule has 3 aromatic heterocycles. The standard InChI is InChI=1S/C21H13N3/c1-2-7-18-16(5-1)23-17-6-3-4-13-8-9-15-14-10-11-22-12-19(14)24(18)21(15)20(13)17/h1-12,23H. The average Bonchev–Trinajstić information content (AvgIpc) is 2.88. The minimum absolute atomic E-state index is 1.11. The van der Waals surface area contributed by atoms with E-state index in [1.54, 1.807) is 0 Å². The molecule has 0 aliphatic carbocycles. The highest BCUT2D eigenvalue weighted by atomic mass is 14.9. The van der Waals surface area contributed by atoms with Gasteiger partial charge in [0.25, 0.3) is 0 Å². The highest BCUT2D eigenvalue weighted by Crippen LogP contribution is 2.37. The van der Waals surface area contributed by atoms with Crippen molar-refractivity contribution in [2.45, 2.75) is 0 Å². The van der Waals surface area contributed by atoms with E-state index >= 15 is 0 Å². The van der Waals surface area contributed by atoms with Crippen LogP contribution in [0.3, 0.4) is 0 Å². The van der Waals surface area contributed by atoms with E-state index in [-0.39, 0.29) is 0 Å². The van der Waals surface area contributed by atoms with Crippen LogP contribution < -0.4 is 0 Å². The van der Waals surface area contributed by atoms with Gasteiger partial charge in [0, 0.05) is 27.9 Å². The summed E-state index contributed by atoms with van der Waals surface area (Å²) in [6.07, 6.45) is 3.84. The summed E-state index contributed by atoms with van der Waals surface area (Å²) >= 11 is 0.